The number of primary amides is 1. The van der Waals surface area contributed by atoms with Crippen molar-refractivity contribution in [2.24, 2.45) is 5.73 Å². The number of hydrogen-bond donors (Lipinski definition) is 6. The fourth-order valence-electron chi connectivity index (χ4n) is 11.1. The molecule has 9 aromatic heterocycles. The van der Waals surface area contributed by atoms with Gasteiger partial charge >= 0.3 is 51.4 Å². The number of amides is 5. The molecule has 0 radical (unpaired) electrons. The van der Waals surface area contributed by atoms with E-state index in [0.717, 1.165) is 72.4 Å². The molecule has 11 heterocycles. The van der Waals surface area contributed by atoms with Crippen molar-refractivity contribution in [2.75, 3.05) is 46.2 Å². The summed E-state index contributed by atoms with van der Waals surface area (Å²) in [4.78, 5) is 94.6. The molecule has 119 heavy (non-hydrogen) atoms. The molecule has 2 aliphatic rings. The number of aryl methyl sites for hydroxylation is 2. The summed E-state index contributed by atoms with van der Waals surface area (Å²) in [6, 6.07) is 14.0. The number of nitriles is 1. The van der Waals surface area contributed by atoms with E-state index in [9.17, 15) is 24.0 Å². The monoisotopic (exact) mass is 1770 g/mol. The van der Waals surface area contributed by atoms with E-state index in [1.165, 1.54) is 12.2 Å². The predicted molar refractivity (Wildman–Crippen MR) is 472 cm³/mol. The zero-order valence-electron chi connectivity index (χ0n) is 73.1. The molecule has 0 aliphatic carbocycles. The fourth-order valence-corrected chi connectivity index (χ4v) is 15.5. The minimum absolute atomic E-state index is 0. The Balaban J connectivity index is 0.000000326. The molecular formula is C81H123ClKN19O12Si5. The van der Waals surface area contributed by atoms with Crippen LogP contribution in [0.3, 0.4) is 0 Å². The summed E-state index contributed by atoms with van der Waals surface area (Å²) in [7, 11) is -6.10. The van der Waals surface area contributed by atoms with Crippen LogP contribution in [0.4, 0.5) is 0 Å². The minimum atomic E-state index is -1.84. The molecule has 0 fully saturated rings. The van der Waals surface area contributed by atoms with E-state index < -0.39 is 64.2 Å². The number of aromatic nitrogens is 14. The van der Waals surface area contributed by atoms with E-state index in [4.69, 9.17) is 68.0 Å². The normalized spacial score (nSPS) is 13.0. The molecule has 2 aliphatic heterocycles. The Labute approximate surface area is 752 Å². The van der Waals surface area contributed by atoms with E-state index in [0.29, 0.717) is 105 Å². The first kappa shape index (κ1) is 104. The van der Waals surface area contributed by atoms with Gasteiger partial charge in [0.25, 0.3) is 23.6 Å². The number of carbonyl (C=O) groups is 5. The summed E-state index contributed by atoms with van der Waals surface area (Å²) in [5.74, 6) is 1.30. The Morgan fingerprint density at radius 3 is 1.35 bits per heavy atom. The molecule has 11 rings (SSSR count). The summed E-state index contributed by atoms with van der Waals surface area (Å²) < 4.78 is 40.4. The molecule has 0 saturated carbocycles. The second-order valence-corrected chi connectivity index (χ2v) is 61.8. The Morgan fingerprint density at radius 1 is 0.538 bits per heavy atom. The fraction of sp³-hybridized carbons (Fsp3) is 0.506. The van der Waals surface area contributed by atoms with Crippen molar-refractivity contribution in [3.63, 3.8) is 0 Å². The van der Waals surface area contributed by atoms with Crippen molar-refractivity contribution in [1.29, 1.82) is 10.5 Å². The summed E-state index contributed by atoms with van der Waals surface area (Å²) in [6.07, 6.45) is 26.2. The second-order valence-electron chi connectivity index (χ2n) is 34.2. The third-order valence-corrected chi connectivity index (χ3v) is 30.3. The quantitative estimate of drug-likeness (QED) is 0.00699. The van der Waals surface area contributed by atoms with Crippen LogP contribution in [-0.2, 0) is 106 Å². The molecule has 0 spiro atoms. The standard InChI is InChI=1S/C29H43N5O4Si2.C17H15N5O3.C11H21N3O2Si.C11H19N3OSi.C10H19ClN2OSi.C2H6O.CN.K/c1-29(2,3)40(7,8)38-16-10-14-33-19-22(21-11-9-12-30-25(21)33)23-24(28(36)32-27(23)35)26-31-13-15-34(26)20-37-17-18-39(4,5)6;23-8-2-7-22-9-11(10-3-1-4-20-15(10)22)12-13(14-18-5-6-19-14)17(25)21-16(12)24;1-17(2,3)7-6-16-9-14-5-4-13-11(14)8-10(12)15;1-16(2,3)9-8-15-10-14-7-6-13-11(14)4-5-12;1-15(2,3)7-6-14-9-13-5-4-12-10(13)8-11;1-2-3;1-2;/h9,11-13,15,19H,10,14,16-18,20H2,1-8H3,(H,32,35,36);1,3-6,9,23H,2,7-8H2,(H,18,19)(H,21,24,25);4-5H,6-9H2,1-3H3,(H2,12,15);6-7H,4,8-10H2,1-3H3;4-5H,6-9H2,1-3H3;3H,2H2,1H3;;/q;;;;;;-1;+1. The number of halogens is 1. The number of H-pyrrole nitrogens is 1. The number of fused-ring (bicyclic) bond motifs is 2. The summed E-state index contributed by atoms with van der Waals surface area (Å²) in [5.41, 5.74) is 8.96. The van der Waals surface area contributed by atoms with Crippen LogP contribution in [0.1, 0.15) is 80.8 Å². The van der Waals surface area contributed by atoms with Crippen LogP contribution in [-0.4, -0.2) is 194 Å². The van der Waals surface area contributed by atoms with Crippen LogP contribution in [0.5, 0.6) is 0 Å². The molecule has 0 bridgehead atoms. The third kappa shape index (κ3) is 34.0. The molecular weight excluding hydrogens is 1650 g/mol. The average Bonchev–Trinajstić information content (AvgIpc) is 1.60. The topological polar surface area (TPSA) is 405 Å². The first-order chi connectivity index (χ1) is 55.7. The van der Waals surface area contributed by atoms with E-state index in [1.54, 1.807) is 79.5 Å². The van der Waals surface area contributed by atoms with Gasteiger partial charge in [-0.05, 0) is 86.3 Å². The summed E-state index contributed by atoms with van der Waals surface area (Å²) >= 11 is 5.73. The second kappa shape index (κ2) is 50.1. The number of rotatable bonds is 36. The molecule has 5 amide bonds. The maximum atomic E-state index is 13.2. The first-order valence-corrected chi connectivity index (χ1v) is 57.7. The maximum Gasteiger partial charge on any atom is 1.00 e. The number of imide groups is 2. The Bertz CT molecular complexity index is 4800. The zero-order chi connectivity index (χ0) is 87.6. The van der Waals surface area contributed by atoms with Gasteiger partial charge in [0.2, 0.25) is 5.91 Å². The minimum Gasteiger partial charge on any atom is -0.512 e. The van der Waals surface area contributed by atoms with Gasteiger partial charge in [-0.3, -0.25) is 34.6 Å². The average molecular weight is 1770 g/mol. The first-order valence-electron chi connectivity index (χ1n) is 39.5. The number of pyridine rings is 2. The van der Waals surface area contributed by atoms with Crippen molar-refractivity contribution in [3.8, 4) is 6.07 Å². The number of nitrogens with two attached hydrogens (primary N) is 1. The van der Waals surface area contributed by atoms with Gasteiger partial charge < -0.3 is 83.5 Å². The maximum absolute atomic E-state index is 13.2. The number of nitrogens with one attached hydrogen (secondary N) is 3. The van der Waals surface area contributed by atoms with Crippen molar-refractivity contribution >= 4 is 126 Å². The van der Waals surface area contributed by atoms with Crippen LogP contribution < -0.4 is 67.8 Å². The van der Waals surface area contributed by atoms with Crippen molar-refractivity contribution in [1.82, 2.24) is 77.9 Å². The van der Waals surface area contributed by atoms with Crippen molar-refractivity contribution in [2.45, 2.75) is 220 Å². The number of aromatic amines is 1. The van der Waals surface area contributed by atoms with Gasteiger partial charge in [-0.2, -0.15) is 5.26 Å². The SMILES string of the molecule is CC(C)(C)[Si](C)(C)OCCCn1cc(C2=C(c3nccn3COCC[Si](C)(C)C)C(=O)NC2=O)c2cccnc21.CCO.C[Si](C)(C)CCOCn1ccnc1CC#N.C[Si](C)(C)CCOCn1ccnc1CC(N)=O.C[Si](C)(C)CCOCn1ccnc1CCl.O=C1NC(=O)C(c2cn(CCCO)c3ncccc23)=C1c1ncc[nH]1.[C-]#N.[K+]. The number of alkyl halides is 1. The van der Waals surface area contributed by atoms with Crippen molar-refractivity contribution in [3.05, 3.63) is 158 Å². The number of carbonyl (C=O) groups excluding carboxylic acids is 5. The van der Waals surface area contributed by atoms with E-state index in [-0.39, 0.29) is 105 Å². The number of aliphatic hydroxyl groups excluding tert-OH is 2. The van der Waals surface area contributed by atoms with E-state index in [2.05, 4.69) is 169 Å². The number of hydrogen-bond acceptors (Lipinski definition) is 21. The molecule has 0 saturated heterocycles. The van der Waals surface area contributed by atoms with Crippen molar-refractivity contribution < 1.29 is 109 Å². The summed E-state index contributed by atoms with van der Waals surface area (Å²) in [6.45, 7) is 52.5. The molecule has 7 N–H and O–H groups in total. The number of imidazole rings is 5. The molecule has 38 heteroatoms. The molecule has 9 aromatic rings. The van der Waals surface area contributed by atoms with Crippen LogP contribution in [0.25, 0.3) is 44.4 Å². The molecule has 0 unspecified atom stereocenters. The Hall–Kier alpha value is -7.63. The third-order valence-electron chi connectivity index (χ3n) is 18.7. The van der Waals surface area contributed by atoms with Gasteiger partial charge in [0.1, 0.15) is 67.3 Å². The number of ether oxygens (including phenoxy) is 4. The van der Waals surface area contributed by atoms with Gasteiger partial charge in [-0.1, -0.05) is 99.3 Å². The van der Waals surface area contributed by atoms with Crippen LogP contribution >= 0.6 is 11.6 Å². The van der Waals surface area contributed by atoms with Crippen LogP contribution in [0.15, 0.2) is 111 Å². The Kier molecular flexibility index (Phi) is 43.6. The molecule has 0 atom stereocenters. The number of nitrogens with zero attached hydrogens (tertiary/aromatic N) is 15. The van der Waals surface area contributed by atoms with Crippen LogP contribution in [0.2, 0.25) is 121 Å². The van der Waals surface area contributed by atoms with Crippen LogP contribution in [0, 0.1) is 23.2 Å². The van der Waals surface area contributed by atoms with E-state index >= 15 is 0 Å². The molecule has 0 aromatic carbocycles. The van der Waals surface area contributed by atoms with Gasteiger partial charge in [-0.25, -0.2) is 34.9 Å². The number of aliphatic hydroxyl groups is 2. The predicted octanol–water partition coefficient (Wildman–Crippen LogP) is 9.75. The van der Waals surface area contributed by atoms with Gasteiger partial charge in [0, 0.05) is 200 Å². The Morgan fingerprint density at radius 2 is 0.933 bits per heavy atom. The van der Waals surface area contributed by atoms with Gasteiger partial charge in [0.15, 0.2) is 8.32 Å². The largest absolute Gasteiger partial charge is 1.00 e. The zero-order valence-corrected chi connectivity index (χ0v) is 82.0. The van der Waals surface area contributed by atoms with Gasteiger partial charge in [-0.15, -0.1) is 11.6 Å². The van der Waals surface area contributed by atoms with Gasteiger partial charge in [0.05, 0.1) is 47.1 Å². The molecule has 642 valence electrons. The van der Waals surface area contributed by atoms with E-state index in [1.807, 2.05) is 59.6 Å². The smallest absolute Gasteiger partial charge is 0.512 e. The summed E-state index contributed by atoms with van der Waals surface area (Å²) in [5, 5.41) is 38.1. The molecule has 31 nitrogen and oxygen atoms in total.